The van der Waals surface area contributed by atoms with E-state index in [0.717, 1.165) is 0 Å². The molecule has 0 aromatic heterocycles. The molecule has 1 unspecified atom stereocenters. The molecule has 0 radical (unpaired) electrons. The highest BCUT2D eigenvalue weighted by atomic mass is 19.1. The maximum atomic E-state index is 13.0. The largest absolute Gasteiger partial charge is 0.494 e. The van der Waals surface area contributed by atoms with E-state index in [1.54, 1.807) is 26.0 Å². The Kier molecular flexibility index (Phi) is 5.30. The van der Waals surface area contributed by atoms with Gasteiger partial charge in [-0.3, -0.25) is 4.79 Å². The maximum Gasteiger partial charge on any atom is 0.325 e. The van der Waals surface area contributed by atoms with E-state index in [1.807, 2.05) is 0 Å². The molecule has 0 amide bonds. The zero-order valence-electron chi connectivity index (χ0n) is 11.5. The molecule has 106 valence electrons. The molecule has 0 saturated heterocycles. The molecule has 0 bridgehead atoms. The van der Waals surface area contributed by atoms with Crippen LogP contribution < -0.4 is 10.5 Å². The number of rotatable bonds is 6. The second-order valence-electron chi connectivity index (χ2n) is 4.77. The fourth-order valence-electron chi connectivity index (χ4n) is 1.67. The highest BCUT2D eigenvalue weighted by Gasteiger charge is 2.28. The summed E-state index contributed by atoms with van der Waals surface area (Å²) in [4.78, 5) is 11.4. The smallest absolute Gasteiger partial charge is 0.325 e. The molecule has 1 aromatic rings. The highest BCUT2D eigenvalue weighted by Crippen LogP contribution is 2.17. The van der Waals surface area contributed by atoms with E-state index in [0.29, 0.717) is 30.8 Å². The summed E-state index contributed by atoms with van der Waals surface area (Å²) >= 11 is 0. The third-order valence-corrected chi connectivity index (χ3v) is 2.89. The van der Waals surface area contributed by atoms with Gasteiger partial charge in [0.15, 0.2) is 0 Å². The van der Waals surface area contributed by atoms with E-state index in [1.165, 1.54) is 13.2 Å². The van der Waals surface area contributed by atoms with Gasteiger partial charge in [0.2, 0.25) is 0 Å². The van der Waals surface area contributed by atoms with Crippen LogP contribution in [0.25, 0.3) is 0 Å². The van der Waals surface area contributed by atoms with Crippen molar-refractivity contribution in [2.24, 2.45) is 5.73 Å². The Morgan fingerprint density at radius 1 is 1.47 bits per heavy atom. The lowest BCUT2D eigenvalue weighted by Gasteiger charge is -2.21. The van der Waals surface area contributed by atoms with Crippen LogP contribution in [0.3, 0.4) is 0 Å². The number of carbonyl (C=O) groups excluding carboxylic acids is 1. The van der Waals surface area contributed by atoms with Gasteiger partial charge in [-0.1, -0.05) is 0 Å². The summed E-state index contributed by atoms with van der Waals surface area (Å²) in [5.74, 6) is -0.0895. The Morgan fingerprint density at radius 2 is 2.16 bits per heavy atom. The van der Waals surface area contributed by atoms with Crippen molar-refractivity contribution in [3.8, 4) is 5.75 Å². The Bertz CT molecular complexity index is 446. The summed E-state index contributed by atoms with van der Waals surface area (Å²) in [6.07, 6.45) is 1.07. The van der Waals surface area contributed by atoms with Crippen molar-refractivity contribution >= 4 is 5.97 Å². The summed E-state index contributed by atoms with van der Waals surface area (Å²) in [5, 5.41) is 0. The van der Waals surface area contributed by atoms with Gasteiger partial charge in [-0.05, 0) is 50.5 Å². The third kappa shape index (κ3) is 4.52. The highest BCUT2D eigenvalue weighted by molar-refractivity contribution is 5.79. The third-order valence-electron chi connectivity index (χ3n) is 2.89. The molecule has 0 saturated carbocycles. The van der Waals surface area contributed by atoms with E-state index in [-0.39, 0.29) is 5.82 Å². The van der Waals surface area contributed by atoms with Crippen molar-refractivity contribution in [1.82, 2.24) is 0 Å². The van der Waals surface area contributed by atoms with Crippen LogP contribution in [0, 0.1) is 12.7 Å². The van der Waals surface area contributed by atoms with Crippen LogP contribution in [0.15, 0.2) is 18.2 Å². The first-order valence-corrected chi connectivity index (χ1v) is 6.13. The van der Waals surface area contributed by atoms with Gasteiger partial charge >= 0.3 is 5.97 Å². The molecule has 1 atom stereocenters. The number of esters is 1. The van der Waals surface area contributed by atoms with E-state index >= 15 is 0 Å². The molecular formula is C14H20FNO3. The van der Waals surface area contributed by atoms with Crippen LogP contribution >= 0.6 is 0 Å². The lowest BCUT2D eigenvalue weighted by molar-refractivity contribution is -0.146. The first kappa shape index (κ1) is 15.4. The molecule has 0 fully saturated rings. The van der Waals surface area contributed by atoms with Gasteiger partial charge < -0.3 is 15.2 Å². The van der Waals surface area contributed by atoms with E-state index in [2.05, 4.69) is 4.74 Å². The van der Waals surface area contributed by atoms with Gasteiger partial charge in [-0.25, -0.2) is 4.39 Å². The van der Waals surface area contributed by atoms with Gasteiger partial charge in [0.1, 0.15) is 17.1 Å². The second kappa shape index (κ2) is 6.52. The molecule has 4 nitrogen and oxygen atoms in total. The Hall–Kier alpha value is -1.62. The summed E-state index contributed by atoms with van der Waals surface area (Å²) in [7, 11) is 1.31. The predicted octanol–water partition coefficient (Wildman–Crippen LogP) is 2.18. The van der Waals surface area contributed by atoms with Gasteiger partial charge in [0.25, 0.3) is 0 Å². The molecule has 19 heavy (non-hydrogen) atoms. The monoisotopic (exact) mass is 269 g/mol. The van der Waals surface area contributed by atoms with Crippen molar-refractivity contribution in [2.75, 3.05) is 13.7 Å². The molecule has 0 spiro atoms. The van der Waals surface area contributed by atoms with E-state index < -0.39 is 11.5 Å². The fraction of sp³-hybridized carbons (Fsp3) is 0.500. The lowest BCUT2D eigenvalue weighted by atomic mass is 9.98. The molecule has 1 rings (SSSR count). The quantitative estimate of drug-likeness (QED) is 0.635. The number of hydrogen-bond donors (Lipinski definition) is 1. The van der Waals surface area contributed by atoms with Crippen LogP contribution in [0.4, 0.5) is 4.39 Å². The summed E-state index contributed by atoms with van der Waals surface area (Å²) < 4.78 is 23.1. The molecule has 0 aliphatic heterocycles. The topological polar surface area (TPSA) is 61.5 Å². The molecule has 0 aliphatic rings. The van der Waals surface area contributed by atoms with Crippen LogP contribution in [-0.4, -0.2) is 25.2 Å². The Morgan fingerprint density at radius 3 is 2.74 bits per heavy atom. The van der Waals surface area contributed by atoms with Crippen molar-refractivity contribution in [2.45, 2.75) is 32.2 Å². The fourth-order valence-corrected chi connectivity index (χ4v) is 1.67. The van der Waals surface area contributed by atoms with Crippen LogP contribution in [-0.2, 0) is 9.53 Å². The normalized spacial score (nSPS) is 13.7. The first-order chi connectivity index (χ1) is 8.86. The lowest BCUT2D eigenvalue weighted by Crippen LogP contribution is -2.45. The van der Waals surface area contributed by atoms with Crippen molar-refractivity contribution in [1.29, 1.82) is 0 Å². The van der Waals surface area contributed by atoms with Crippen LogP contribution in [0.1, 0.15) is 25.3 Å². The summed E-state index contributed by atoms with van der Waals surface area (Å²) in [6, 6.07) is 4.58. The summed E-state index contributed by atoms with van der Waals surface area (Å²) in [6.45, 7) is 3.71. The minimum absolute atomic E-state index is 0.257. The molecule has 1 aromatic carbocycles. The van der Waals surface area contributed by atoms with Gasteiger partial charge in [0, 0.05) is 0 Å². The number of aryl methyl sites for hydroxylation is 1. The standard InChI is InChI=1S/C14H20FNO3/c1-10-9-11(5-6-12(10)15)19-8-4-7-14(2,16)13(17)18-3/h5-6,9H,4,7-8,16H2,1-3H3. The molecule has 0 aliphatic carbocycles. The van der Waals surface area contributed by atoms with E-state index in [4.69, 9.17) is 10.5 Å². The number of halogens is 1. The zero-order chi connectivity index (χ0) is 14.5. The zero-order valence-corrected chi connectivity index (χ0v) is 11.5. The number of hydrogen-bond acceptors (Lipinski definition) is 4. The van der Waals surface area contributed by atoms with E-state index in [9.17, 15) is 9.18 Å². The SMILES string of the molecule is COC(=O)C(C)(N)CCCOc1ccc(F)c(C)c1. The number of nitrogens with two attached hydrogens (primary N) is 1. The number of carbonyl (C=O) groups is 1. The minimum atomic E-state index is -1.00. The van der Waals surface area contributed by atoms with Gasteiger partial charge in [-0.2, -0.15) is 0 Å². The predicted molar refractivity (Wildman–Crippen MR) is 70.5 cm³/mol. The Labute approximate surface area is 112 Å². The van der Waals surface area contributed by atoms with Crippen molar-refractivity contribution < 1.29 is 18.7 Å². The molecule has 5 heteroatoms. The molecular weight excluding hydrogens is 249 g/mol. The molecule has 2 N–H and O–H groups in total. The average Bonchev–Trinajstić information content (AvgIpc) is 2.37. The number of methoxy groups -OCH3 is 1. The van der Waals surface area contributed by atoms with Crippen LogP contribution in [0.5, 0.6) is 5.75 Å². The second-order valence-corrected chi connectivity index (χ2v) is 4.77. The first-order valence-electron chi connectivity index (χ1n) is 6.13. The number of benzene rings is 1. The maximum absolute atomic E-state index is 13.0. The average molecular weight is 269 g/mol. The summed E-state index contributed by atoms with van der Waals surface area (Å²) in [5.41, 5.74) is 5.35. The van der Waals surface area contributed by atoms with Crippen molar-refractivity contribution in [3.63, 3.8) is 0 Å². The Balaban J connectivity index is 2.38. The number of ether oxygens (including phenoxy) is 2. The molecule has 0 heterocycles. The van der Waals surface area contributed by atoms with Crippen molar-refractivity contribution in [3.05, 3.63) is 29.6 Å². The van der Waals surface area contributed by atoms with Gasteiger partial charge in [0.05, 0.1) is 13.7 Å². The minimum Gasteiger partial charge on any atom is -0.494 e. The van der Waals surface area contributed by atoms with Crippen LogP contribution in [0.2, 0.25) is 0 Å². The van der Waals surface area contributed by atoms with Gasteiger partial charge in [-0.15, -0.1) is 0 Å².